The zero-order valence-electron chi connectivity index (χ0n) is 12.6. The SMILES string of the molecule is COCCNCCNC(=O)CCOc1ccc(C)cc1Br. The number of rotatable bonds is 10. The molecule has 5 nitrogen and oxygen atoms in total. The Hall–Kier alpha value is -1.11. The summed E-state index contributed by atoms with van der Waals surface area (Å²) in [6, 6.07) is 5.87. The summed E-state index contributed by atoms with van der Waals surface area (Å²) in [4.78, 5) is 11.6. The van der Waals surface area contributed by atoms with E-state index in [-0.39, 0.29) is 5.91 Å². The van der Waals surface area contributed by atoms with Gasteiger partial charge in [-0.3, -0.25) is 4.79 Å². The van der Waals surface area contributed by atoms with E-state index >= 15 is 0 Å². The fraction of sp³-hybridized carbons (Fsp3) is 0.533. The fourth-order valence-corrected chi connectivity index (χ4v) is 2.26. The highest BCUT2D eigenvalue weighted by Crippen LogP contribution is 2.25. The van der Waals surface area contributed by atoms with Crippen molar-refractivity contribution in [1.29, 1.82) is 0 Å². The minimum Gasteiger partial charge on any atom is -0.492 e. The molecule has 1 aromatic rings. The number of carbonyl (C=O) groups excluding carboxylic acids is 1. The lowest BCUT2D eigenvalue weighted by Gasteiger charge is -2.09. The standard InChI is InChI=1S/C15H23BrN2O3/c1-12-3-4-14(13(16)11-12)21-9-5-15(19)18-7-6-17-8-10-20-2/h3-4,11,17H,5-10H2,1-2H3,(H,18,19). The predicted octanol–water partition coefficient (Wildman–Crippen LogP) is 1.88. The third kappa shape index (κ3) is 8.04. The van der Waals surface area contributed by atoms with Gasteiger partial charge in [0, 0.05) is 26.7 Å². The van der Waals surface area contributed by atoms with Crippen LogP contribution in [-0.4, -0.2) is 45.9 Å². The molecule has 0 aliphatic rings. The van der Waals surface area contributed by atoms with E-state index in [1.54, 1.807) is 7.11 Å². The Balaban J connectivity index is 2.10. The van der Waals surface area contributed by atoms with Gasteiger partial charge in [0.2, 0.25) is 5.91 Å². The van der Waals surface area contributed by atoms with Crippen molar-refractivity contribution >= 4 is 21.8 Å². The quantitative estimate of drug-likeness (QED) is 0.627. The predicted molar refractivity (Wildman–Crippen MR) is 86.7 cm³/mol. The topological polar surface area (TPSA) is 59.6 Å². The smallest absolute Gasteiger partial charge is 0.223 e. The maximum absolute atomic E-state index is 11.6. The number of carbonyl (C=O) groups is 1. The number of methoxy groups -OCH3 is 1. The van der Waals surface area contributed by atoms with Gasteiger partial charge in [-0.05, 0) is 40.5 Å². The van der Waals surface area contributed by atoms with Crippen molar-refractivity contribution in [2.45, 2.75) is 13.3 Å². The first-order valence-electron chi connectivity index (χ1n) is 6.99. The molecule has 0 fully saturated rings. The molecule has 6 heteroatoms. The van der Waals surface area contributed by atoms with Gasteiger partial charge in [-0.15, -0.1) is 0 Å². The summed E-state index contributed by atoms with van der Waals surface area (Å²) in [6.45, 7) is 5.19. The molecule has 0 atom stereocenters. The molecule has 1 rings (SSSR count). The van der Waals surface area contributed by atoms with Crippen LogP contribution in [0.25, 0.3) is 0 Å². The highest BCUT2D eigenvalue weighted by molar-refractivity contribution is 9.10. The molecule has 1 aromatic carbocycles. The molecule has 0 aromatic heterocycles. The molecule has 0 saturated carbocycles. The van der Waals surface area contributed by atoms with Crippen LogP contribution < -0.4 is 15.4 Å². The molecule has 0 saturated heterocycles. The molecule has 0 unspecified atom stereocenters. The summed E-state index contributed by atoms with van der Waals surface area (Å²) >= 11 is 3.44. The molecule has 118 valence electrons. The maximum atomic E-state index is 11.6. The van der Waals surface area contributed by atoms with Crippen molar-refractivity contribution in [3.63, 3.8) is 0 Å². The number of hydrogen-bond donors (Lipinski definition) is 2. The van der Waals surface area contributed by atoms with E-state index in [1.807, 2.05) is 25.1 Å². The summed E-state index contributed by atoms with van der Waals surface area (Å²) in [7, 11) is 1.66. The van der Waals surface area contributed by atoms with Crippen LogP contribution in [0.5, 0.6) is 5.75 Å². The molecule has 21 heavy (non-hydrogen) atoms. The number of halogens is 1. The third-order valence-electron chi connectivity index (χ3n) is 2.78. The lowest BCUT2D eigenvalue weighted by Crippen LogP contribution is -2.33. The van der Waals surface area contributed by atoms with Crippen LogP contribution in [0.4, 0.5) is 0 Å². The minimum atomic E-state index is -0.00762. The van der Waals surface area contributed by atoms with Gasteiger partial charge in [-0.25, -0.2) is 0 Å². The number of ether oxygens (including phenoxy) is 2. The molecule has 0 spiro atoms. The Morgan fingerprint density at radius 1 is 1.24 bits per heavy atom. The van der Waals surface area contributed by atoms with E-state index in [0.717, 1.165) is 28.9 Å². The molecule has 0 aliphatic heterocycles. The number of amides is 1. The second kappa shape index (κ2) is 10.6. The van der Waals surface area contributed by atoms with Crippen LogP contribution in [0.1, 0.15) is 12.0 Å². The van der Waals surface area contributed by atoms with Crippen LogP contribution in [0.15, 0.2) is 22.7 Å². The number of benzene rings is 1. The van der Waals surface area contributed by atoms with Crippen LogP contribution in [0.2, 0.25) is 0 Å². The van der Waals surface area contributed by atoms with Crippen molar-refractivity contribution < 1.29 is 14.3 Å². The van der Waals surface area contributed by atoms with Gasteiger partial charge in [0.25, 0.3) is 0 Å². The molecule has 0 bridgehead atoms. The second-order valence-electron chi connectivity index (χ2n) is 4.63. The summed E-state index contributed by atoms with van der Waals surface area (Å²) in [5, 5.41) is 5.99. The van der Waals surface area contributed by atoms with Crippen molar-refractivity contribution in [2.75, 3.05) is 40.0 Å². The number of aryl methyl sites for hydroxylation is 1. The van der Waals surface area contributed by atoms with Crippen molar-refractivity contribution in [2.24, 2.45) is 0 Å². The molecule has 0 heterocycles. The zero-order valence-corrected chi connectivity index (χ0v) is 14.2. The van der Waals surface area contributed by atoms with E-state index in [1.165, 1.54) is 0 Å². The first-order chi connectivity index (χ1) is 10.1. The van der Waals surface area contributed by atoms with Crippen LogP contribution in [0, 0.1) is 6.92 Å². The Labute approximate surface area is 134 Å². The third-order valence-corrected chi connectivity index (χ3v) is 3.40. The Morgan fingerprint density at radius 2 is 2.05 bits per heavy atom. The number of nitrogens with one attached hydrogen (secondary N) is 2. The monoisotopic (exact) mass is 358 g/mol. The highest BCUT2D eigenvalue weighted by Gasteiger charge is 2.04. The van der Waals surface area contributed by atoms with E-state index in [2.05, 4.69) is 26.6 Å². The first-order valence-corrected chi connectivity index (χ1v) is 7.78. The molecular weight excluding hydrogens is 336 g/mol. The van der Waals surface area contributed by atoms with Crippen LogP contribution >= 0.6 is 15.9 Å². The van der Waals surface area contributed by atoms with Gasteiger partial charge in [-0.1, -0.05) is 6.07 Å². The van der Waals surface area contributed by atoms with E-state index in [4.69, 9.17) is 9.47 Å². The number of hydrogen-bond acceptors (Lipinski definition) is 4. The fourth-order valence-electron chi connectivity index (χ4n) is 1.65. The van der Waals surface area contributed by atoms with Gasteiger partial charge in [-0.2, -0.15) is 0 Å². The van der Waals surface area contributed by atoms with Crippen molar-refractivity contribution in [3.05, 3.63) is 28.2 Å². The van der Waals surface area contributed by atoms with Gasteiger partial charge < -0.3 is 20.1 Å². The first kappa shape index (κ1) is 17.9. The molecular formula is C15H23BrN2O3. The highest BCUT2D eigenvalue weighted by atomic mass is 79.9. The Bertz CT molecular complexity index is 441. The average Bonchev–Trinajstić information content (AvgIpc) is 2.45. The molecule has 0 radical (unpaired) electrons. The largest absolute Gasteiger partial charge is 0.492 e. The lowest BCUT2D eigenvalue weighted by atomic mass is 10.2. The van der Waals surface area contributed by atoms with Crippen molar-refractivity contribution in [3.8, 4) is 5.75 Å². The van der Waals surface area contributed by atoms with E-state index < -0.39 is 0 Å². The van der Waals surface area contributed by atoms with Crippen LogP contribution in [-0.2, 0) is 9.53 Å². The summed E-state index contributed by atoms with van der Waals surface area (Å²) in [5.41, 5.74) is 1.16. The summed E-state index contributed by atoms with van der Waals surface area (Å²) in [6.07, 6.45) is 0.346. The van der Waals surface area contributed by atoms with E-state index in [9.17, 15) is 4.79 Å². The second-order valence-corrected chi connectivity index (χ2v) is 5.48. The normalized spacial score (nSPS) is 10.4. The Morgan fingerprint density at radius 3 is 2.76 bits per heavy atom. The molecule has 1 amide bonds. The van der Waals surface area contributed by atoms with Gasteiger partial charge in [0.15, 0.2) is 0 Å². The van der Waals surface area contributed by atoms with Crippen LogP contribution in [0.3, 0.4) is 0 Å². The van der Waals surface area contributed by atoms with Gasteiger partial charge >= 0.3 is 0 Å². The van der Waals surface area contributed by atoms with Gasteiger partial charge in [0.05, 0.1) is 24.1 Å². The lowest BCUT2D eigenvalue weighted by molar-refractivity contribution is -0.121. The van der Waals surface area contributed by atoms with E-state index in [0.29, 0.717) is 26.2 Å². The zero-order chi connectivity index (χ0) is 15.5. The Kier molecular flexibility index (Phi) is 9.05. The summed E-state index contributed by atoms with van der Waals surface area (Å²) in [5.74, 6) is 0.751. The van der Waals surface area contributed by atoms with Gasteiger partial charge in [0.1, 0.15) is 5.75 Å². The molecule has 0 aliphatic carbocycles. The molecule has 2 N–H and O–H groups in total. The average molecular weight is 359 g/mol. The van der Waals surface area contributed by atoms with Crippen molar-refractivity contribution in [1.82, 2.24) is 10.6 Å². The minimum absolute atomic E-state index is 0.00762. The summed E-state index contributed by atoms with van der Waals surface area (Å²) < 4.78 is 11.4. The maximum Gasteiger partial charge on any atom is 0.223 e.